The van der Waals surface area contributed by atoms with Gasteiger partial charge in [-0.3, -0.25) is 9.59 Å². The minimum absolute atomic E-state index is 0.0288. The number of nitrogens with one attached hydrogen (secondary N) is 1. The van der Waals surface area contributed by atoms with Crippen LogP contribution in [0.3, 0.4) is 0 Å². The zero-order valence-electron chi connectivity index (χ0n) is 15.5. The highest BCUT2D eigenvalue weighted by molar-refractivity contribution is 5.97. The fourth-order valence-electron chi connectivity index (χ4n) is 2.55. The molecule has 0 unspecified atom stereocenters. The Kier molecular flexibility index (Phi) is 7.21. The van der Waals surface area contributed by atoms with E-state index in [0.29, 0.717) is 48.8 Å². The predicted octanol–water partition coefficient (Wildman–Crippen LogP) is 4.26. The fraction of sp³-hybridized carbons (Fsp3) is 0.333. The van der Waals surface area contributed by atoms with Crippen LogP contribution in [-0.4, -0.2) is 24.9 Å². The van der Waals surface area contributed by atoms with Crippen LogP contribution in [0.4, 0.5) is 5.69 Å². The monoisotopic (exact) mass is 355 g/mol. The number of hydrogen-bond acceptors (Lipinski definition) is 4. The summed E-state index contributed by atoms with van der Waals surface area (Å²) < 4.78 is 11.2. The van der Waals surface area contributed by atoms with Crippen molar-refractivity contribution in [1.82, 2.24) is 0 Å². The lowest BCUT2D eigenvalue weighted by atomic mass is 10.1. The van der Waals surface area contributed by atoms with Gasteiger partial charge in [-0.25, -0.2) is 0 Å². The lowest BCUT2D eigenvalue weighted by Gasteiger charge is -2.12. The maximum absolute atomic E-state index is 12.2. The van der Waals surface area contributed by atoms with Gasteiger partial charge in [0.2, 0.25) is 5.91 Å². The molecular formula is C21H25NO4. The highest BCUT2D eigenvalue weighted by Crippen LogP contribution is 2.29. The summed E-state index contributed by atoms with van der Waals surface area (Å²) in [6.07, 6.45) is 0.925. The fourth-order valence-corrected chi connectivity index (χ4v) is 2.55. The van der Waals surface area contributed by atoms with Gasteiger partial charge in [-0.1, -0.05) is 18.2 Å². The van der Waals surface area contributed by atoms with E-state index in [1.807, 2.05) is 32.0 Å². The highest BCUT2D eigenvalue weighted by atomic mass is 16.5. The molecule has 2 rings (SSSR count). The molecule has 0 heterocycles. The van der Waals surface area contributed by atoms with Gasteiger partial charge >= 0.3 is 0 Å². The van der Waals surface area contributed by atoms with Crippen LogP contribution >= 0.6 is 0 Å². The number of benzene rings is 2. The van der Waals surface area contributed by atoms with E-state index in [0.717, 1.165) is 5.56 Å². The van der Waals surface area contributed by atoms with Crippen molar-refractivity contribution < 1.29 is 19.1 Å². The summed E-state index contributed by atoms with van der Waals surface area (Å²) in [4.78, 5) is 23.6. The molecule has 1 N–H and O–H groups in total. The Morgan fingerprint density at radius 1 is 0.962 bits per heavy atom. The number of carbonyl (C=O) groups is 2. The van der Waals surface area contributed by atoms with Crippen LogP contribution in [-0.2, 0) is 11.2 Å². The largest absolute Gasteiger partial charge is 0.490 e. The summed E-state index contributed by atoms with van der Waals surface area (Å²) in [7, 11) is 0. The highest BCUT2D eigenvalue weighted by Gasteiger charge is 2.09. The van der Waals surface area contributed by atoms with Gasteiger partial charge in [0.05, 0.1) is 13.2 Å². The van der Waals surface area contributed by atoms with Crippen LogP contribution in [0.5, 0.6) is 11.5 Å². The molecule has 5 heteroatoms. The molecule has 0 fully saturated rings. The Morgan fingerprint density at radius 2 is 1.69 bits per heavy atom. The van der Waals surface area contributed by atoms with Gasteiger partial charge in [0.1, 0.15) is 0 Å². The van der Waals surface area contributed by atoms with Gasteiger partial charge < -0.3 is 14.8 Å². The zero-order valence-corrected chi connectivity index (χ0v) is 15.5. The number of ether oxygens (including phenoxy) is 2. The summed E-state index contributed by atoms with van der Waals surface area (Å²) in [6, 6.07) is 12.7. The molecule has 0 radical (unpaired) electrons. The van der Waals surface area contributed by atoms with Crippen molar-refractivity contribution in [2.24, 2.45) is 0 Å². The van der Waals surface area contributed by atoms with Crippen LogP contribution in [0, 0.1) is 0 Å². The molecule has 26 heavy (non-hydrogen) atoms. The van der Waals surface area contributed by atoms with Crippen molar-refractivity contribution in [3.63, 3.8) is 0 Å². The van der Waals surface area contributed by atoms with E-state index in [-0.39, 0.29) is 11.7 Å². The third kappa shape index (κ3) is 5.62. The first-order valence-corrected chi connectivity index (χ1v) is 8.82. The number of ketones is 1. The van der Waals surface area contributed by atoms with Crippen LogP contribution in [0.25, 0.3) is 0 Å². The summed E-state index contributed by atoms with van der Waals surface area (Å²) >= 11 is 0. The van der Waals surface area contributed by atoms with E-state index < -0.39 is 0 Å². The van der Waals surface area contributed by atoms with E-state index in [9.17, 15) is 9.59 Å². The van der Waals surface area contributed by atoms with E-state index in [2.05, 4.69) is 5.32 Å². The summed E-state index contributed by atoms with van der Waals surface area (Å²) in [6.45, 7) is 6.47. The Hall–Kier alpha value is -2.82. The minimum atomic E-state index is -0.0995. The number of rotatable bonds is 9. The van der Waals surface area contributed by atoms with E-state index in [1.165, 1.54) is 6.92 Å². The van der Waals surface area contributed by atoms with E-state index in [1.54, 1.807) is 24.3 Å². The first kappa shape index (κ1) is 19.5. The first-order valence-electron chi connectivity index (χ1n) is 8.82. The second-order valence-corrected chi connectivity index (χ2v) is 5.83. The standard InChI is InChI=1S/C21H25NO4/c1-4-25-19-11-9-16(13-20(19)26-5-2)10-12-21(24)22-18-8-6-7-17(14-18)15(3)23/h6-9,11,13-14H,4-5,10,12H2,1-3H3,(H,22,24). The van der Waals surface area contributed by atoms with Gasteiger partial charge in [-0.15, -0.1) is 0 Å². The van der Waals surface area contributed by atoms with Crippen molar-refractivity contribution >= 4 is 17.4 Å². The average Bonchev–Trinajstić information content (AvgIpc) is 2.62. The van der Waals surface area contributed by atoms with Crippen molar-refractivity contribution in [1.29, 1.82) is 0 Å². The molecule has 5 nitrogen and oxygen atoms in total. The van der Waals surface area contributed by atoms with E-state index >= 15 is 0 Å². The molecular weight excluding hydrogens is 330 g/mol. The summed E-state index contributed by atoms with van der Waals surface area (Å²) in [5, 5.41) is 2.83. The molecule has 0 aliphatic carbocycles. The van der Waals surface area contributed by atoms with E-state index in [4.69, 9.17) is 9.47 Å². The second-order valence-electron chi connectivity index (χ2n) is 5.83. The predicted molar refractivity (Wildman–Crippen MR) is 102 cm³/mol. The summed E-state index contributed by atoms with van der Waals surface area (Å²) in [5.41, 5.74) is 2.21. The molecule has 0 bridgehead atoms. The van der Waals surface area contributed by atoms with Crippen LogP contribution in [0.1, 0.15) is 43.1 Å². The zero-order chi connectivity index (χ0) is 18.9. The van der Waals surface area contributed by atoms with Crippen molar-refractivity contribution in [3.8, 4) is 11.5 Å². The van der Waals surface area contributed by atoms with Gasteiger partial charge in [0.15, 0.2) is 17.3 Å². The molecule has 2 aromatic rings. The molecule has 0 saturated carbocycles. The molecule has 1 amide bonds. The number of hydrogen-bond donors (Lipinski definition) is 1. The summed E-state index contributed by atoms with van der Waals surface area (Å²) in [5.74, 6) is 1.28. The van der Waals surface area contributed by atoms with Crippen LogP contribution in [0.2, 0.25) is 0 Å². The molecule has 0 aliphatic heterocycles. The van der Waals surface area contributed by atoms with Gasteiger partial charge in [0.25, 0.3) is 0 Å². The normalized spacial score (nSPS) is 10.3. The molecule has 0 aliphatic rings. The van der Waals surface area contributed by atoms with Crippen molar-refractivity contribution in [2.45, 2.75) is 33.6 Å². The third-order valence-corrected chi connectivity index (χ3v) is 3.80. The smallest absolute Gasteiger partial charge is 0.224 e. The Morgan fingerprint density at radius 3 is 2.38 bits per heavy atom. The molecule has 0 spiro atoms. The number of aryl methyl sites for hydroxylation is 1. The van der Waals surface area contributed by atoms with Gasteiger partial charge in [-0.05, 0) is 57.0 Å². The number of amides is 1. The molecule has 0 aromatic heterocycles. The maximum Gasteiger partial charge on any atom is 0.224 e. The van der Waals surface area contributed by atoms with Crippen molar-refractivity contribution in [2.75, 3.05) is 18.5 Å². The molecule has 2 aromatic carbocycles. The van der Waals surface area contributed by atoms with Crippen molar-refractivity contribution in [3.05, 3.63) is 53.6 Å². The topological polar surface area (TPSA) is 64.6 Å². The number of carbonyl (C=O) groups excluding carboxylic acids is 2. The molecule has 0 atom stereocenters. The minimum Gasteiger partial charge on any atom is -0.490 e. The Bertz CT molecular complexity index is 770. The first-order chi connectivity index (χ1) is 12.5. The second kappa shape index (κ2) is 9.61. The average molecular weight is 355 g/mol. The molecule has 0 saturated heterocycles. The van der Waals surface area contributed by atoms with Crippen LogP contribution in [0.15, 0.2) is 42.5 Å². The lowest BCUT2D eigenvalue weighted by molar-refractivity contribution is -0.116. The number of Topliss-reactive ketones (excluding diaryl/α,β-unsaturated/α-hetero) is 1. The number of anilines is 1. The van der Waals surface area contributed by atoms with Gasteiger partial charge in [-0.2, -0.15) is 0 Å². The maximum atomic E-state index is 12.2. The SMILES string of the molecule is CCOc1ccc(CCC(=O)Nc2cccc(C(C)=O)c2)cc1OCC. The Labute approximate surface area is 154 Å². The molecule has 138 valence electrons. The van der Waals surface area contributed by atoms with Crippen LogP contribution < -0.4 is 14.8 Å². The quantitative estimate of drug-likeness (QED) is 0.683. The lowest BCUT2D eigenvalue weighted by Crippen LogP contribution is -2.12. The Balaban J connectivity index is 1.97. The third-order valence-electron chi connectivity index (χ3n) is 3.80. The van der Waals surface area contributed by atoms with Gasteiger partial charge in [0, 0.05) is 17.7 Å².